The molecule has 10 N–H and O–H groups in total. The molecule has 65 heavy (non-hydrogen) atoms. The SMILES string of the molecule is CC1(C)C[C@H]2C3=CC[C@@H]4[C@@]5(C)CC[C@H](O[C@@H]6O[C@H](CO[C@@H]7O[C@H](CO)[C@@H](O)[C@H](O)[C@H]7O)[C@@H](O)[C@H](O)[C@H]6O[C@@H]6OC[C@H](O)[C@H](O)[C@H]6O)C(C)(C)[C@@H]5CC[C@@]4(C)[C@]3(C)C[C@@H](O)[C@@]23C[C@@H]1OC3=O. The molecule has 2 bridgehead atoms. The topological polar surface area (TPSA) is 284 Å². The minimum Gasteiger partial charge on any atom is -0.461 e. The van der Waals surface area contributed by atoms with Crippen LogP contribution in [0.4, 0.5) is 0 Å². The van der Waals surface area contributed by atoms with Crippen LogP contribution in [0.25, 0.3) is 0 Å². The number of esters is 1. The highest BCUT2D eigenvalue weighted by molar-refractivity contribution is 5.82. The third-order valence-electron chi connectivity index (χ3n) is 19.4. The third-order valence-corrected chi connectivity index (χ3v) is 19.4. The summed E-state index contributed by atoms with van der Waals surface area (Å²) >= 11 is 0. The molecular weight excluding hydrogens is 852 g/mol. The molecule has 0 aromatic carbocycles. The Bertz CT molecular complexity index is 1830. The van der Waals surface area contributed by atoms with Crippen molar-refractivity contribution < 1.29 is 89.0 Å². The average molecular weight is 927 g/mol. The van der Waals surface area contributed by atoms with Crippen molar-refractivity contribution in [2.45, 2.75) is 204 Å². The van der Waals surface area contributed by atoms with Gasteiger partial charge < -0.3 is 84.2 Å². The molecule has 5 aliphatic carbocycles. The van der Waals surface area contributed by atoms with Crippen molar-refractivity contribution in [1.82, 2.24) is 0 Å². The van der Waals surface area contributed by atoms with Crippen LogP contribution in [-0.2, 0) is 38.0 Å². The fourth-order valence-electron chi connectivity index (χ4n) is 15.2. The van der Waals surface area contributed by atoms with Gasteiger partial charge in [-0.05, 0) is 84.4 Å². The number of ether oxygens (including phenoxy) is 7. The van der Waals surface area contributed by atoms with Crippen molar-refractivity contribution in [3.8, 4) is 0 Å². The molecule has 370 valence electrons. The summed E-state index contributed by atoms with van der Waals surface area (Å²) in [7, 11) is 0. The first-order chi connectivity index (χ1) is 30.4. The van der Waals surface area contributed by atoms with Gasteiger partial charge in [0.1, 0.15) is 78.7 Å². The lowest BCUT2D eigenvalue weighted by atomic mass is 9.33. The molecule has 4 saturated heterocycles. The van der Waals surface area contributed by atoms with Crippen LogP contribution in [0.5, 0.6) is 0 Å². The van der Waals surface area contributed by atoms with E-state index in [1.54, 1.807) is 0 Å². The molecule has 0 aromatic heterocycles. The van der Waals surface area contributed by atoms with Crippen molar-refractivity contribution in [1.29, 1.82) is 0 Å². The summed E-state index contributed by atoms with van der Waals surface area (Å²) < 4.78 is 42.2. The Kier molecular flexibility index (Phi) is 12.4. The minimum atomic E-state index is -1.75. The maximum absolute atomic E-state index is 13.8. The maximum atomic E-state index is 13.8. The summed E-state index contributed by atoms with van der Waals surface area (Å²) in [4.78, 5) is 13.8. The summed E-state index contributed by atoms with van der Waals surface area (Å²) in [6.45, 7) is 14.2. The monoisotopic (exact) mass is 926 g/mol. The van der Waals surface area contributed by atoms with Crippen molar-refractivity contribution in [2.75, 3.05) is 19.8 Å². The maximum Gasteiger partial charge on any atom is 0.315 e. The van der Waals surface area contributed by atoms with E-state index in [0.717, 1.165) is 32.1 Å². The van der Waals surface area contributed by atoms with Gasteiger partial charge in [-0.1, -0.05) is 60.1 Å². The lowest BCUT2D eigenvalue weighted by molar-refractivity contribution is -0.376. The lowest BCUT2D eigenvalue weighted by Crippen LogP contribution is -2.68. The number of allylic oxidation sites excluding steroid dienone is 2. The molecule has 0 unspecified atom stereocenters. The Labute approximate surface area is 380 Å². The summed E-state index contributed by atoms with van der Waals surface area (Å²) in [6, 6.07) is 0. The summed E-state index contributed by atoms with van der Waals surface area (Å²) in [5.74, 6) is 0.0206. The highest BCUT2D eigenvalue weighted by Crippen LogP contribution is 2.76. The molecule has 1 spiro atoms. The largest absolute Gasteiger partial charge is 0.461 e. The van der Waals surface area contributed by atoms with Gasteiger partial charge in [0.2, 0.25) is 0 Å². The van der Waals surface area contributed by atoms with Crippen molar-refractivity contribution in [3.05, 3.63) is 11.6 Å². The Morgan fingerprint density at radius 1 is 0.708 bits per heavy atom. The zero-order chi connectivity index (χ0) is 47.1. The first-order valence-corrected chi connectivity index (χ1v) is 23.9. The first-order valence-electron chi connectivity index (χ1n) is 23.9. The van der Waals surface area contributed by atoms with E-state index in [4.69, 9.17) is 33.2 Å². The minimum absolute atomic E-state index is 0.0965. The van der Waals surface area contributed by atoms with Gasteiger partial charge in [-0.25, -0.2) is 0 Å². The van der Waals surface area contributed by atoms with E-state index in [-0.39, 0.29) is 58.1 Å². The molecule has 9 aliphatic rings. The fraction of sp³-hybridized carbons (Fsp3) is 0.936. The number of hydrogen-bond acceptors (Lipinski definition) is 18. The molecule has 4 heterocycles. The molecule has 4 aliphatic heterocycles. The predicted octanol–water partition coefficient (Wildman–Crippen LogP) is -0.233. The summed E-state index contributed by atoms with van der Waals surface area (Å²) in [5.41, 5.74) is -1.06. The van der Waals surface area contributed by atoms with Crippen LogP contribution in [0.2, 0.25) is 0 Å². The predicted molar refractivity (Wildman–Crippen MR) is 224 cm³/mol. The zero-order valence-electron chi connectivity index (χ0n) is 38.6. The number of hydrogen-bond donors (Lipinski definition) is 10. The second kappa shape index (κ2) is 16.6. The molecule has 24 atom stereocenters. The van der Waals surface area contributed by atoms with Gasteiger partial charge in [-0.3, -0.25) is 4.79 Å². The first kappa shape index (κ1) is 48.6. The van der Waals surface area contributed by atoms with Gasteiger partial charge in [-0.2, -0.15) is 0 Å². The van der Waals surface area contributed by atoms with Crippen molar-refractivity contribution >= 4 is 5.97 Å². The fourth-order valence-corrected chi connectivity index (χ4v) is 15.2. The molecular formula is C47H74O18. The Morgan fingerprint density at radius 2 is 1.38 bits per heavy atom. The van der Waals surface area contributed by atoms with Crippen LogP contribution >= 0.6 is 0 Å². The molecule has 18 nitrogen and oxygen atoms in total. The van der Waals surface area contributed by atoms with E-state index >= 15 is 0 Å². The molecule has 4 saturated carbocycles. The van der Waals surface area contributed by atoms with Crippen molar-refractivity contribution in [2.24, 2.45) is 50.2 Å². The van der Waals surface area contributed by atoms with Gasteiger partial charge in [-0.15, -0.1) is 0 Å². The Balaban J connectivity index is 0.970. The molecule has 18 heteroatoms. The van der Waals surface area contributed by atoms with Gasteiger partial charge in [0, 0.05) is 11.8 Å². The second-order valence-electron chi connectivity index (χ2n) is 23.3. The molecule has 9 rings (SSSR count). The van der Waals surface area contributed by atoms with E-state index in [9.17, 15) is 55.9 Å². The quantitative estimate of drug-likeness (QED) is 0.0855. The molecule has 8 fully saturated rings. The Morgan fingerprint density at radius 3 is 2.09 bits per heavy atom. The summed E-state index contributed by atoms with van der Waals surface area (Å²) in [6.07, 6.45) is -15.2. The Hall–Kier alpha value is -1.43. The van der Waals surface area contributed by atoms with Gasteiger partial charge in [0.15, 0.2) is 18.9 Å². The van der Waals surface area contributed by atoms with E-state index in [1.807, 2.05) is 0 Å². The van der Waals surface area contributed by atoms with Gasteiger partial charge in [0.05, 0.1) is 32.0 Å². The van der Waals surface area contributed by atoms with Crippen LogP contribution in [0.1, 0.15) is 99.8 Å². The van der Waals surface area contributed by atoms with Crippen molar-refractivity contribution in [3.63, 3.8) is 0 Å². The smallest absolute Gasteiger partial charge is 0.315 e. The molecule has 0 aromatic rings. The highest BCUT2D eigenvalue weighted by atomic mass is 16.8. The molecule has 0 radical (unpaired) electrons. The van der Waals surface area contributed by atoms with E-state index in [2.05, 4.69) is 54.5 Å². The third kappa shape index (κ3) is 7.12. The number of carbonyl (C=O) groups excluding carboxylic acids is 1. The van der Waals surface area contributed by atoms with E-state index < -0.39 is 122 Å². The standard InChI is InChI=1S/C47H74O18/c1-42(2)14-21-20-8-9-26-44(5)12-11-28(43(3,4)25(44)10-13-45(26,6)46(20,7)15-27(50)47(21)16-29(42)64-41(47)58)63-40-37(65-39-35(56)30(51)22(49)18-59-39)34(55)32(53)24(62-40)19-60-38-36(57)33(54)31(52)23(17-48)61-38/h8,21-40,48-57H,9-19H2,1-7H3/t21-,22-,23+,24+,25-,26+,27+,28-,29-,30-,31+,32+,33-,34-,35+,36+,37+,38+,39-,40-,44-,45+,46+,47+/m0/s1. The van der Waals surface area contributed by atoms with Crippen LogP contribution < -0.4 is 0 Å². The van der Waals surface area contributed by atoms with Gasteiger partial charge >= 0.3 is 5.97 Å². The average Bonchev–Trinajstić information content (AvgIpc) is 3.57. The number of carbonyl (C=O) groups is 1. The van der Waals surface area contributed by atoms with Crippen LogP contribution in [0, 0.1) is 50.2 Å². The van der Waals surface area contributed by atoms with Gasteiger partial charge in [0.25, 0.3) is 0 Å². The van der Waals surface area contributed by atoms with Crippen LogP contribution in [0.15, 0.2) is 11.6 Å². The number of aliphatic hydroxyl groups is 10. The zero-order valence-corrected chi connectivity index (χ0v) is 38.6. The number of aliphatic hydroxyl groups excluding tert-OH is 10. The number of rotatable bonds is 8. The van der Waals surface area contributed by atoms with Crippen LogP contribution in [-0.4, -0.2) is 181 Å². The highest BCUT2D eigenvalue weighted by Gasteiger charge is 2.74. The van der Waals surface area contributed by atoms with E-state index in [1.165, 1.54) is 5.57 Å². The van der Waals surface area contributed by atoms with Crippen LogP contribution in [0.3, 0.4) is 0 Å². The lowest BCUT2D eigenvalue weighted by Gasteiger charge is -2.71. The number of fused-ring (bicyclic) bond motifs is 7. The normalized spacial score (nSPS) is 55.8. The summed E-state index contributed by atoms with van der Waals surface area (Å²) in [5, 5.41) is 108. The van der Waals surface area contributed by atoms with E-state index in [0.29, 0.717) is 19.3 Å². The molecule has 0 amide bonds. The second-order valence-corrected chi connectivity index (χ2v) is 23.3.